The van der Waals surface area contributed by atoms with E-state index in [2.05, 4.69) is 43.7 Å². The third kappa shape index (κ3) is 1.72. The molecular formula is C12H11BrN2. The Labute approximate surface area is 97.1 Å². The molecular weight excluding hydrogens is 252 g/mol. The zero-order valence-electron chi connectivity index (χ0n) is 8.23. The van der Waals surface area contributed by atoms with Crippen LogP contribution in [0.4, 0.5) is 0 Å². The van der Waals surface area contributed by atoms with E-state index in [0.29, 0.717) is 0 Å². The number of halogens is 1. The van der Waals surface area contributed by atoms with Gasteiger partial charge in [-0.2, -0.15) is 0 Å². The molecule has 1 aromatic carbocycles. The van der Waals surface area contributed by atoms with E-state index in [1.807, 2.05) is 18.7 Å². The lowest BCUT2D eigenvalue weighted by Crippen LogP contribution is -1.96. The third-order valence-corrected chi connectivity index (χ3v) is 3.29. The van der Waals surface area contributed by atoms with E-state index in [0.717, 1.165) is 10.4 Å². The molecule has 3 heteroatoms. The molecule has 0 spiro atoms. The van der Waals surface area contributed by atoms with Crippen LogP contribution in [0.5, 0.6) is 0 Å². The highest BCUT2D eigenvalue weighted by Crippen LogP contribution is 2.43. The lowest BCUT2D eigenvalue weighted by molar-refractivity contribution is 0.996. The van der Waals surface area contributed by atoms with Gasteiger partial charge in [-0.3, -0.25) is 0 Å². The smallest absolute Gasteiger partial charge is 0.0991 e. The fourth-order valence-corrected chi connectivity index (χ4v) is 2.23. The van der Waals surface area contributed by atoms with Crippen molar-refractivity contribution in [2.24, 2.45) is 0 Å². The summed E-state index contributed by atoms with van der Waals surface area (Å²) in [5.41, 5.74) is 2.69. The van der Waals surface area contributed by atoms with Crippen LogP contribution in [0.15, 0.2) is 41.4 Å². The first-order valence-electron chi connectivity index (χ1n) is 5.12. The summed E-state index contributed by atoms with van der Waals surface area (Å²) in [6.07, 6.45) is 8.31. The van der Waals surface area contributed by atoms with Gasteiger partial charge in [0.15, 0.2) is 0 Å². The van der Waals surface area contributed by atoms with Crippen molar-refractivity contribution in [2.45, 2.75) is 18.8 Å². The molecule has 0 saturated heterocycles. The monoisotopic (exact) mass is 262 g/mol. The van der Waals surface area contributed by atoms with Gasteiger partial charge in [0.2, 0.25) is 0 Å². The number of rotatable bonds is 2. The molecule has 3 rings (SSSR count). The SMILES string of the molecule is Brc1ccc(C2CC2)c(-n2ccnc2)c1. The molecule has 1 aliphatic carbocycles. The van der Waals surface area contributed by atoms with Crippen LogP contribution in [0, 0.1) is 0 Å². The number of hydrogen-bond acceptors (Lipinski definition) is 1. The summed E-state index contributed by atoms with van der Waals surface area (Å²) in [6.45, 7) is 0. The Hall–Kier alpha value is -1.09. The fourth-order valence-electron chi connectivity index (χ4n) is 1.88. The summed E-state index contributed by atoms with van der Waals surface area (Å²) in [7, 11) is 0. The predicted octanol–water partition coefficient (Wildman–Crippen LogP) is 3.51. The number of aromatic nitrogens is 2. The van der Waals surface area contributed by atoms with Crippen LogP contribution < -0.4 is 0 Å². The van der Waals surface area contributed by atoms with Crippen LogP contribution in [-0.2, 0) is 0 Å². The average Bonchev–Trinajstić information content (AvgIpc) is 2.94. The molecule has 1 aromatic heterocycles. The van der Waals surface area contributed by atoms with Gasteiger partial charge in [0.05, 0.1) is 12.0 Å². The van der Waals surface area contributed by atoms with E-state index in [4.69, 9.17) is 0 Å². The summed E-state index contributed by atoms with van der Waals surface area (Å²) in [6, 6.07) is 6.50. The van der Waals surface area contributed by atoms with E-state index >= 15 is 0 Å². The first kappa shape index (κ1) is 9.16. The first-order valence-corrected chi connectivity index (χ1v) is 5.91. The second kappa shape index (κ2) is 3.49. The van der Waals surface area contributed by atoms with Crippen molar-refractivity contribution in [3.63, 3.8) is 0 Å². The van der Waals surface area contributed by atoms with Crippen LogP contribution >= 0.6 is 15.9 Å². The minimum absolute atomic E-state index is 0.760. The lowest BCUT2D eigenvalue weighted by Gasteiger charge is -2.09. The van der Waals surface area contributed by atoms with Crippen LogP contribution in [0.1, 0.15) is 24.3 Å². The third-order valence-electron chi connectivity index (χ3n) is 2.79. The van der Waals surface area contributed by atoms with E-state index < -0.39 is 0 Å². The summed E-state index contributed by atoms with van der Waals surface area (Å²) >= 11 is 3.52. The maximum Gasteiger partial charge on any atom is 0.0991 e. The molecule has 0 amide bonds. The fraction of sp³-hybridized carbons (Fsp3) is 0.250. The molecule has 1 heterocycles. The van der Waals surface area contributed by atoms with Gasteiger partial charge in [-0.05, 0) is 36.5 Å². The first-order chi connectivity index (χ1) is 7.34. The van der Waals surface area contributed by atoms with Crippen molar-refractivity contribution >= 4 is 15.9 Å². The molecule has 2 aromatic rings. The Balaban J connectivity index is 2.14. The second-order valence-electron chi connectivity index (χ2n) is 3.95. The second-order valence-corrected chi connectivity index (χ2v) is 4.86. The Morgan fingerprint density at radius 3 is 2.87 bits per heavy atom. The molecule has 0 aliphatic heterocycles. The number of hydrogen-bond donors (Lipinski definition) is 0. The standard InChI is InChI=1S/C12H11BrN2/c13-10-3-4-11(9-1-2-9)12(7-10)15-6-5-14-8-15/h3-9H,1-2H2. The summed E-state index contributed by atoms with van der Waals surface area (Å²) in [5.74, 6) is 0.760. The van der Waals surface area contributed by atoms with Gasteiger partial charge < -0.3 is 4.57 Å². The highest BCUT2D eigenvalue weighted by molar-refractivity contribution is 9.10. The Morgan fingerprint density at radius 2 is 2.20 bits per heavy atom. The molecule has 0 radical (unpaired) electrons. The zero-order chi connectivity index (χ0) is 10.3. The molecule has 15 heavy (non-hydrogen) atoms. The van der Waals surface area contributed by atoms with Gasteiger partial charge in [0, 0.05) is 16.9 Å². The van der Waals surface area contributed by atoms with Crippen molar-refractivity contribution in [3.05, 3.63) is 47.0 Å². The molecule has 0 bridgehead atoms. The average molecular weight is 263 g/mol. The summed E-state index contributed by atoms with van der Waals surface area (Å²) < 4.78 is 3.20. The van der Waals surface area contributed by atoms with Gasteiger partial charge in [0.25, 0.3) is 0 Å². The van der Waals surface area contributed by atoms with Gasteiger partial charge in [-0.15, -0.1) is 0 Å². The van der Waals surface area contributed by atoms with Gasteiger partial charge >= 0.3 is 0 Å². The molecule has 0 unspecified atom stereocenters. The van der Waals surface area contributed by atoms with Crippen molar-refractivity contribution in [2.75, 3.05) is 0 Å². The number of benzene rings is 1. The van der Waals surface area contributed by atoms with E-state index in [-0.39, 0.29) is 0 Å². The van der Waals surface area contributed by atoms with E-state index in [1.165, 1.54) is 24.1 Å². The van der Waals surface area contributed by atoms with Crippen molar-refractivity contribution < 1.29 is 0 Å². The number of imidazole rings is 1. The normalized spacial score (nSPS) is 15.5. The molecule has 1 saturated carbocycles. The molecule has 1 fully saturated rings. The molecule has 0 N–H and O–H groups in total. The minimum atomic E-state index is 0.760. The van der Waals surface area contributed by atoms with Gasteiger partial charge in [-0.1, -0.05) is 22.0 Å². The van der Waals surface area contributed by atoms with Gasteiger partial charge in [-0.25, -0.2) is 4.98 Å². The largest absolute Gasteiger partial charge is 0.306 e. The predicted molar refractivity (Wildman–Crippen MR) is 63.2 cm³/mol. The van der Waals surface area contributed by atoms with Crippen LogP contribution in [0.25, 0.3) is 5.69 Å². The lowest BCUT2D eigenvalue weighted by atomic mass is 10.1. The topological polar surface area (TPSA) is 17.8 Å². The molecule has 1 aliphatic rings. The Morgan fingerprint density at radius 1 is 1.33 bits per heavy atom. The Bertz CT molecular complexity index is 472. The highest BCUT2D eigenvalue weighted by Gasteiger charge is 2.26. The quantitative estimate of drug-likeness (QED) is 0.810. The Kier molecular flexibility index (Phi) is 2.13. The van der Waals surface area contributed by atoms with E-state index in [9.17, 15) is 0 Å². The maximum atomic E-state index is 4.10. The van der Waals surface area contributed by atoms with E-state index in [1.54, 1.807) is 0 Å². The molecule has 0 atom stereocenters. The zero-order valence-corrected chi connectivity index (χ0v) is 9.81. The molecule has 76 valence electrons. The van der Waals surface area contributed by atoms with Crippen molar-refractivity contribution in [3.8, 4) is 5.69 Å². The summed E-state index contributed by atoms with van der Waals surface area (Å²) in [5, 5.41) is 0. The minimum Gasteiger partial charge on any atom is -0.306 e. The number of nitrogens with zero attached hydrogens (tertiary/aromatic N) is 2. The maximum absolute atomic E-state index is 4.10. The van der Waals surface area contributed by atoms with Crippen LogP contribution in [-0.4, -0.2) is 9.55 Å². The van der Waals surface area contributed by atoms with Gasteiger partial charge in [0.1, 0.15) is 0 Å². The summed E-state index contributed by atoms with van der Waals surface area (Å²) in [4.78, 5) is 4.10. The van der Waals surface area contributed by atoms with Crippen molar-refractivity contribution in [1.82, 2.24) is 9.55 Å². The van der Waals surface area contributed by atoms with Crippen LogP contribution in [0.3, 0.4) is 0 Å². The highest BCUT2D eigenvalue weighted by atomic mass is 79.9. The molecule has 2 nitrogen and oxygen atoms in total. The van der Waals surface area contributed by atoms with Crippen molar-refractivity contribution in [1.29, 1.82) is 0 Å². The van der Waals surface area contributed by atoms with Crippen LogP contribution in [0.2, 0.25) is 0 Å².